The molecule has 0 amide bonds. The molecule has 0 spiro atoms. The van der Waals surface area contributed by atoms with E-state index in [0.717, 1.165) is 25.2 Å². The smallest absolute Gasteiger partial charge is 0.376 e. The van der Waals surface area contributed by atoms with Crippen LogP contribution in [0.5, 0.6) is 0 Å². The summed E-state index contributed by atoms with van der Waals surface area (Å²) in [6.07, 6.45) is 4.17. The van der Waals surface area contributed by atoms with Gasteiger partial charge in [0, 0.05) is 11.3 Å². The second-order valence-corrected chi connectivity index (χ2v) is 5.75. The molecule has 0 fully saturated rings. The molecule has 1 heterocycles. The summed E-state index contributed by atoms with van der Waals surface area (Å²) < 4.78 is 7.01. The number of carbonyl (C=O) groups excluding carboxylic acids is 1. The van der Waals surface area contributed by atoms with Crippen molar-refractivity contribution in [3.05, 3.63) is 11.6 Å². The molecule has 0 bridgehead atoms. The van der Waals surface area contributed by atoms with Crippen LogP contribution in [-0.2, 0) is 11.3 Å². The zero-order chi connectivity index (χ0) is 14.5. The SMILES string of the molecule is CCOC(=O)c1nnc(C)n1CC(CC)(CC)SC. The fourth-order valence-electron chi connectivity index (χ4n) is 2.03. The number of aromatic nitrogens is 3. The second kappa shape index (κ2) is 6.93. The van der Waals surface area contributed by atoms with Crippen molar-refractivity contribution in [1.29, 1.82) is 0 Å². The lowest BCUT2D eigenvalue weighted by molar-refractivity contribution is 0.0504. The highest BCUT2D eigenvalue weighted by Gasteiger charge is 2.29. The van der Waals surface area contributed by atoms with Gasteiger partial charge in [-0.2, -0.15) is 11.8 Å². The van der Waals surface area contributed by atoms with Crippen LogP contribution < -0.4 is 0 Å². The molecule has 1 aromatic heterocycles. The lowest BCUT2D eigenvalue weighted by atomic mass is 10.0. The Bertz CT molecular complexity index is 419. The van der Waals surface area contributed by atoms with Crippen LogP contribution in [0.2, 0.25) is 0 Å². The Morgan fingerprint density at radius 3 is 2.42 bits per heavy atom. The highest BCUT2D eigenvalue weighted by molar-refractivity contribution is 8.00. The van der Waals surface area contributed by atoms with Crippen LogP contribution in [0.4, 0.5) is 0 Å². The molecular formula is C13H23N3O2S. The van der Waals surface area contributed by atoms with Crippen LogP contribution in [0.1, 0.15) is 50.1 Å². The predicted octanol–water partition coefficient (Wildman–Crippen LogP) is 2.69. The lowest BCUT2D eigenvalue weighted by Gasteiger charge is -2.30. The minimum atomic E-state index is -0.398. The fourth-order valence-corrected chi connectivity index (χ4v) is 2.87. The third-order valence-corrected chi connectivity index (χ3v) is 5.13. The van der Waals surface area contributed by atoms with Gasteiger partial charge in [0.1, 0.15) is 5.82 Å². The molecule has 5 nitrogen and oxygen atoms in total. The zero-order valence-corrected chi connectivity index (χ0v) is 13.2. The molecule has 19 heavy (non-hydrogen) atoms. The summed E-state index contributed by atoms with van der Waals surface area (Å²) in [4.78, 5) is 11.9. The van der Waals surface area contributed by atoms with Crippen molar-refractivity contribution in [2.45, 2.75) is 51.8 Å². The van der Waals surface area contributed by atoms with Crippen LogP contribution in [-0.4, -0.2) is 38.3 Å². The number of aryl methyl sites for hydroxylation is 1. The van der Waals surface area contributed by atoms with Gasteiger partial charge in [-0.05, 0) is 32.9 Å². The van der Waals surface area contributed by atoms with Crippen molar-refractivity contribution in [3.8, 4) is 0 Å². The standard InChI is InChI=1S/C13H23N3O2S/c1-6-13(7-2,19-5)9-16-10(4)14-15-11(16)12(17)18-8-3/h6-9H2,1-5H3. The van der Waals surface area contributed by atoms with Gasteiger partial charge in [0.05, 0.1) is 6.61 Å². The van der Waals surface area contributed by atoms with Crippen LogP contribution in [0, 0.1) is 6.92 Å². The molecular weight excluding hydrogens is 262 g/mol. The molecule has 0 unspecified atom stereocenters. The van der Waals surface area contributed by atoms with Gasteiger partial charge in [0.2, 0.25) is 5.82 Å². The average Bonchev–Trinajstić information content (AvgIpc) is 2.78. The molecule has 0 saturated carbocycles. The molecule has 108 valence electrons. The monoisotopic (exact) mass is 285 g/mol. The maximum absolute atomic E-state index is 11.9. The first-order chi connectivity index (χ1) is 9.03. The van der Waals surface area contributed by atoms with E-state index in [1.54, 1.807) is 6.92 Å². The maximum Gasteiger partial charge on any atom is 0.376 e. The largest absolute Gasteiger partial charge is 0.460 e. The summed E-state index contributed by atoms with van der Waals surface area (Å²) in [5.41, 5.74) is 0. The normalized spacial score (nSPS) is 11.6. The molecule has 0 saturated heterocycles. The van der Waals surface area contributed by atoms with Crippen molar-refractivity contribution >= 4 is 17.7 Å². The summed E-state index contributed by atoms with van der Waals surface area (Å²) in [5.74, 6) is 0.661. The first-order valence-corrected chi connectivity index (χ1v) is 7.88. The number of nitrogens with zero attached hydrogens (tertiary/aromatic N) is 3. The van der Waals surface area contributed by atoms with Gasteiger partial charge >= 0.3 is 5.97 Å². The zero-order valence-electron chi connectivity index (χ0n) is 12.4. The van der Waals surface area contributed by atoms with Gasteiger partial charge in [-0.15, -0.1) is 10.2 Å². The Kier molecular flexibility index (Phi) is 5.85. The fraction of sp³-hybridized carbons (Fsp3) is 0.769. The van der Waals surface area contributed by atoms with Crippen LogP contribution >= 0.6 is 11.8 Å². The minimum Gasteiger partial charge on any atom is -0.460 e. The van der Waals surface area contributed by atoms with E-state index in [4.69, 9.17) is 4.74 Å². The van der Waals surface area contributed by atoms with Gasteiger partial charge in [-0.1, -0.05) is 13.8 Å². The van der Waals surface area contributed by atoms with E-state index in [9.17, 15) is 4.79 Å². The Balaban J connectivity index is 3.06. The van der Waals surface area contributed by atoms with E-state index < -0.39 is 5.97 Å². The van der Waals surface area contributed by atoms with Crippen molar-refractivity contribution in [3.63, 3.8) is 0 Å². The minimum absolute atomic E-state index is 0.106. The first-order valence-electron chi connectivity index (χ1n) is 6.65. The lowest BCUT2D eigenvalue weighted by Crippen LogP contribution is -2.31. The number of carbonyl (C=O) groups is 1. The van der Waals surface area contributed by atoms with Crippen molar-refractivity contribution in [2.75, 3.05) is 12.9 Å². The average molecular weight is 285 g/mol. The maximum atomic E-state index is 11.9. The van der Waals surface area contributed by atoms with E-state index in [0.29, 0.717) is 12.4 Å². The molecule has 0 aliphatic rings. The Hall–Kier alpha value is -1.04. The van der Waals surface area contributed by atoms with Gasteiger partial charge in [0.15, 0.2) is 0 Å². The molecule has 0 atom stereocenters. The number of ether oxygens (including phenoxy) is 1. The topological polar surface area (TPSA) is 57.0 Å². The van der Waals surface area contributed by atoms with Gasteiger partial charge < -0.3 is 9.30 Å². The summed E-state index contributed by atoms with van der Waals surface area (Å²) in [6.45, 7) is 9.07. The molecule has 1 rings (SSSR count). The quantitative estimate of drug-likeness (QED) is 0.721. The number of esters is 1. The van der Waals surface area contributed by atoms with E-state index >= 15 is 0 Å². The third kappa shape index (κ3) is 3.49. The van der Waals surface area contributed by atoms with E-state index in [1.807, 2.05) is 23.3 Å². The van der Waals surface area contributed by atoms with Gasteiger partial charge in [0.25, 0.3) is 0 Å². The van der Waals surface area contributed by atoms with E-state index in [-0.39, 0.29) is 4.75 Å². The first kappa shape index (κ1) is 16.0. The van der Waals surface area contributed by atoms with Crippen LogP contribution in [0.3, 0.4) is 0 Å². The van der Waals surface area contributed by atoms with Crippen molar-refractivity contribution in [1.82, 2.24) is 14.8 Å². The Morgan fingerprint density at radius 1 is 1.32 bits per heavy atom. The van der Waals surface area contributed by atoms with Crippen LogP contribution in [0.25, 0.3) is 0 Å². The summed E-state index contributed by atoms with van der Waals surface area (Å²) >= 11 is 1.83. The number of hydrogen-bond acceptors (Lipinski definition) is 5. The molecule has 0 aliphatic heterocycles. The Labute approximate surface area is 119 Å². The van der Waals surface area contributed by atoms with E-state index in [1.165, 1.54) is 0 Å². The van der Waals surface area contributed by atoms with Crippen molar-refractivity contribution in [2.24, 2.45) is 0 Å². The molecule has 0 aliphatic carbocycles. The number of thioether (sulfide) groups is 1. The third-order valence-electron chi connectivity index (χ3n) is 3.56. The highest BCUT2D eigenvalue weighted by Crippen LogP contribution is 2.32. The molecule has 0 N–H and O–H groups in total. The van der Waals surface area contributed by atoms with Crippen molar-refractivity contribution < 1.29 is 9.53 Å². The predicted molar refractivity (Wildman–Crippen MR) is 77.5 cm³/mol. The number of rotatable bonds is 7. The second-order valence-electron chi connectivity index (χ2n) is 4.47. The summed E-state index contributed by atoms with van der Waals surface area (Å²) in [6, 6.07) is 0. The van der Waals surface area contributed by atoms with Gasteiger partial charge in [-0.25, -0.2) is 4.79 Å². The van der Waals surface area contributed by atoms with Crippen LogP contribution in [0.15, 0.2) is 0 Å². The molecule has 6 heteroatoms. The molecule has 1 aromatic rings. The molecule has 0 radical (unpaired) electrons. The Morgan fingerprint density at radius 2 is 1.95 bits per heavy atom. The highest BCUT2D eigenvalue weighted by atomic mass is 32.2. The summed E-state index contributed by atoms with van der Waals surface area (Å²) in [5, 5.41) is 7.96. The van der Waals surface area contributed by atoms with Gasteiger partial charge in [-0.3, -0.25) is 0 Å². The van der Waals surface area contributed by atoms with E-state index in [2.05, 4.69) is 30.3 Å². The molecule has 0 aromatic carbocycles. The summed E-state index contributed by atoms with van der Waals surface area (Å²) in [7, 11) is 0. The number of hydrogen-bond donors (Lipinski definition) is 0.